The molecule has 0 aliphatic rings. The maximum atomic E-state index is 14.4. The van der Waals surface area contributed by atoms with E-state index in [1.807, 2.05) is 6.92 Å². The van der Waals surface area contributed by atoms with Gasteiger partial charge in [0.15, 0.2) is 0 Å². The van der Waals surface area contributed by atoms with Crippen LogP contribution in [0.1, 0.15) is 30.5 Å². The third kappa shape index (κ3) is 3.71. The Morgan fingerprint density at radius 1 is 1.05 bits per heavy atom. The molecule has 5 heteroatoms. The first-order valence-electron chi connectivity index (χ1n) is 6.67. The standard InChI is InChI=1S/C16H15Br2F2N/c1-2-9-21-16(10-5-3-7-12(18)15(10)20)14-11(17)6-4-8-13(14)19/h3-8,16,21H,2,9H2,1H3. The summed E-state index contributed by atoms with van der Waals surface area (Å²) >= 11 is 6.55. The molecule has 1 atom stereocenters. The fourth-order valence-electron chi connectivity index (χ4n) is 2.19. The normalized spacial score (nSPS) is 12.4. The molecule has 1 unspecified atom stereocenters. The molecule has 2 aromatic carbocycles. The number of halogens is 4. The Bertz CT molecular complexity index is 611. The van der Waals surface area contributed by atoms with Crippen molar-refractivity contribution in [1.82, 2.24) is 5.32 Å². The van der Waals surface area contributed by atoms with Gasteiger partial charge in [0, 0.05) is 15.6 Å². The summed E-state index contributed by atoms with van der Waals surface area (Å²) in [7, 11) is 0. The van der Waals surface area contributed by atoms with Gasteiger partial charge in [0.2, 0.25) is 0 Å². The van der Waals surface area contributed by atoms with Gasteiger partial charge in [0.05, 0.1) is 10.5 Å². The van der Waals surface area contributed by atoms with Crippen molar-refractivity contribution in [3.63, 3.8) is 0 Å². The smallest absolute Gasteiger partial charge is 0.142 e. The van der Waals surface area contributed by atoms with Crippen molar-refractivity contribution < 1.29 is 8.78 Å². The van der Waals surface area contributed by atoms with Crippen molar-refractivity contribution in [2.75, 3.05) is 6.54 Å². The van der Waals surface area contributed by atoms with Gasteiger partial charge in [0.25, 0.3) is 0 Å². The van der Waals surface area contributed by atoms with Gasteiger partial charge in [-0.05, 0) is 47.1 Å². The first kappa shape index (κ1) is 16.6. The van der Waals surface area contributed by atoms with E-state index < -0.39 is 6.04 Å². The van der Waals surface area contributed by atoms with Crippen LogP contribution in [0.2, 0.25) is 0 Å². The number of rotatable bonds is 5. The number of benzene rings is 2. The van der Waals surface area contributed by atoms with E-state index in [9.17, 15) is 8.78 Å². The van der Waals surface area contributed by atoms with E-state index in [-0.39, 0.29) is 11.6 Å². The summed E-state index contributed by atoms with van der Waals surface area (Å²) in [5, 5.41) is 3.22. The highest BCUT2D eigenvalue weighted by atomic mass is 79.9. The van der Waals surface area contributed by atoms with Gasteiger partial charge in [-0.2, -0.15) is 0 Å². The third-order valence-electron chi connectivity index (χ3n) is 3.18. The molecule has 112 valence electrons. The van der Waals surface area contributed by atoms with Crippen LogP contribution >= 0.6 is 31.9 Å². The molecule has 21 heavy (non-hydrogen) atoms. The number of hydrogen-bond donors (Lipinski definition) is 1. The van der Waals surface area contributed by atoms with E-state index in [1.54, 1.807) is 30.3 Å². The van der Waals surface area contributed by atoms with Gasteiger partial charge in [0.1, 0.15) is 11.6 Å². The van der Waals surface area contributed by atoms with Crippen LogP contribution in [0.5, 0.6) is 0 Å². The van der Waals surface area contributed by atoms with Gasteiger partial charge in [-0.1, -0.05) is 41.1 Å². The summed E-state index contributed by atoms with van der Waals surface area (Å²) in [6.07, 6.45) is 0.873. The average Bonchev–Trinajstić information content (AvgIpc) is 2.45. The molecule has 2 rings (SSSR count). The zero-order valence-electron chi connectivity index (χ0n) is 11.5. The molecule has 0 amide bonds. The average molecular weight is 419 g/mol. The van der Waals surface area contributed by atoms with Gasteiger partial charge >= 0.3 is 0 Å². The summed E-state index contributed by atoms with van der Waals surface area (Å²) in [4.78, 5) is 0. The van der Waals surface area contributed by atoms with Gasteiger partial charge < -0.3 is 5.32 Å². The summed E-state index contributed by atoms with van der Waals surface area (Å²) in [5.41, 5.74) is 0.839. The van der Waals surface area contributed by atoms with Crippen molar-refractivity contribution in [2.45, 2.75) is 19.4 Å². The van der Waals surface area contributed by atoms with E-state index in [1.165, 1.54) is 6.07 Å². The summed E-state index contributed by atoms with van der Waals surface area (Å²) < 4.78 is 29.6. The second-order valence-electron chi connectivity index (χ2n) is 4.67. The zero-order valence-corrected chi connectivity index (χ0v) is 14.6. The Morgan fingerprint density at radius 3 is 2.38 bits per heavy atom. The fraction of sp³-hybridized carbons (Fsp3) is 0.250. The fourth-order valence-corrected chi connectivity index (χ4v) is 3.14. The first-order chi connectivity index (χ1) is 10.1. The van der Waals surface area contributed by atoms with E-state index in [2.05, 4.69) is 37.2 Å². The van der Waals surface area contributed by atoms with Crippen molar-refractivity contribution in [3.8, 4) is 0 Å². The second kappa shape index (κ2) is 7.47. The van der Waals surface area contributed by atoms with Gasteiger partial charge in [-0.15, -0.1) is 0 Å². The maximum absolute atomic E-state index is 14.4. The van der Waals surface area contributed by atoms with E-state index in [0.29, 0.717) is 26.6 Å². The topological polar surface area (TPSA) is 12.0 Å². The first-order valence-corrected chi connectivity index (χ1v) is 8.26. The second-order valence-corrected chi connectivity index (χ2v) is 6.37. The summed E-state index contributed by atoms with van der Waals surface area (Å²) in [5.74, 6) is -0.737. The van der Waals surface area contributed by atoms with Crippen LogP contribution in [0.3, 0.4) is 0 Å². The lowest BCUT2D eigenvalue weighted by molar-refractivity contribution is 0.517. The van der Waals surface area contributed by atoms with Crippen molar-refractivity contribution in [2.24, 2.45) is 0 Å². The minimum Gasteiger partial charge on any atom is -0.306 e. The minimum absolute atomic E-state index is 0.364. The summed E-state index contributed by atoms with van der Waals surface area (Å²) in [6, 6.07) is 9.27. The van der Waals surface area contributed by atoms with E-state index >= 15 is 0 Å². The molecule has 0 aliphatic carbocycles. The van der Waals surface area contributed by atoms with Crippen molar-refractivity contribution in [1.29, 1.82) is 0 Å². The third-order valence-corrected chi connectivity index (χ3v) is 4.48. The SMILES string of the molecule is CCCNC(c1cccc(Br)c1F)c1c(F)cccc1Br. The maximum Gasteiger partial charge on any atom is 0.142 e. The van der Waals surface area contributed by atoms with Crippen LogP contribution in [0, 0.1) is 11.6 Å². The van der Waals surface area contributed by atoms with E-state index in [0.717, 1.165) is 6.42 Å². The van der Waals surface area contributed by atoms with Crippen LogP contribution in [0.4, 0.5) is 8.78 Å². The molecule has 0 radical (unpaired) electrons. The highest BCUT2D eigenvalue weighted by molar-refractivity contribution is 9.10. The molecule has 1 N–H and O–H groups in total. The van der Waals surface area contributed by atoms with Crippen LogP contribution in [0.25, 0.3) is 0 Å². The highest BCUT2D eigenvalue weighted by Crippen LogP contribution is 2.33. The molecule has 0 saturated heterocycles. The lowest BCUT2D eigenvalue weighted by Crippen LogP contribution is -2.25. The molecule has 0 spiro atoms. The Morgan fingerprint density at radius 2 is 1.71 bits per heavy atom. The van der Waals surface area contributed by atoms with E-state index in [4.69, 9.17) is 0 Å². The molecule has 0 heterocycles. The Balaban J connectivity index is 2.55. The Kier molecular flexibility index (Phi) is 5.90. The molecular weight excluding hydrogens is 404 g/mol. The zero-order chi connectivity index (χ0) is 15.4. The Labute approximate surface area is 140 Å². The predicted molar refractivity (Wildman–Crippen MR) is 88.3 cm³/mol. The van der Waals surface area contributed by atoms with Crippen molar-refractivity contribution >= 4 is 31.9 Å². The molecule has 2 aromatic rings. The van der Waals surface area contributed by atoms with Crippen LogP contribution in [0.15, 0.2) is 45.3 Å². The molecule has 0 fully saturated rings. The minimum atomic E-state index is -0.543. The number of hydrogen-bond acceptors (Lipinski definition) is 1. The molecule has 0 aliphatic heterocycles. The highest BCUT2D eigenvalue weighted by Gasteiger charge is 2.23. The molecule has 0 saturated carbocycles. The lowest BCUT2D eigenvalue weighted by Gasteiger charge is -2.22. The molecular formula is C16H15Br2F2N. The van der Waals surface area contributed by atoms with Gasteiger partial charge in [-0.3, -0.25) is 0 Å². The molecule has 0 bridgehead atoms. The van der Waals surface area contributed by atoms with Crippen molar-refractivity contribution in [3.05, 3.63) is 68.1 Å². The molecule has 0 aromatic heterocycles. The van der Waals surface area contributed by atoms with Crippen LogP contribution in [-0.2, 0) is 0 Å². The van der Waals surface area contributed by atoms with Crippen LogP contribution in [-0.4, -0.2) is 6.54 Å². The predicted octanol–water partition coefficient (Wildman–Crippen LogP) is 5.58. The number of nitrogens with one attached hydrogen (secondary N) is 1. The summed E-state index contributed by atoms with van der Waals surface area (Å²) in [6.45, 7) is 2.68. The van der Waals surface area contributed by atoms with Crippen LogP contribution < -0.4 is 5.32 Å². The largest absolute Gasteiger partial charge is 0.306 e. The lowest BCUT2D eigenvalue weighted by atomic mass is 9.97. The monoisotopic (exact) mass is 417 g/mol. The molecule has 1 nitrogen and oxygen atoms in total. The quantitative estimate of drug-likeness (QED) is 0.668. The Hall–Kier alpha value is -0.780. The van der Waals surface area contributed by atoms with Gasteiger partial charge in [-0.25, -0.2) is 8.78 Å².